The van der Waals surface area contributed by atoms with Gasteiger partial charge in [0.1, 0.15) is 10.6 Å². The van der Waals surface area contributed by atoms with Gasteiger partial charge in [-0.2, -0.15) is 0 Å². The molecule has 0 unspecified atom stereocenters. The first-order valence-electron chi connectivity index (χ1n) is 13.0. The highest BCUT2D eigenvalue weighted by atomic mass is 32.2. The van der Waals surface area contributed by atoms with E-state index in [1.807, 2.05) is 6.07 Å². The van der Waals surface area contributed by atoms with Crippen LogP contribution in [0.5, 0.6) is 0 Å². The molecule has 0 bridgehead atoms. The number of H-pyrrole nitrogens is 1. The van der Waals surface area contributed by atoms with Crippen molar-refractivity contribution in [1.82, 2.24) is 25.2 Å². The van der Waals surface area contributed by atoms with E-state index in [9.17, 15) is 17.6 Å². The van der Waals surface area contributed by atoms with Crippen molar-refractivity contribution in [1.29, 1.82) is 0 Å². The number of rotatable bonds is 10. The third kappa shape index (κ3) is 6.12. The van der Waals surface area contributed by atoms with E-state index in [0.29, 0.717) is 23.1 Å². The van der Waals surface area contributed by atoms with Gasteiger partial charge in [-0.15, -0.1) is 0 Å². The maximum absolute atomic E-state index is 15.0. The second-order valence-corrected chi connectivity index (χ2v) is 11.8. The van der Waals surface area contributed by atoms with Crippen LogP contribution in [-0.2, 0) is 25.8 Å². The minimum absolute atomic E-state index is 0.0236. The fourth-order valence-corrected chi connectivity index (χ4v) is 5.81. The molecule has 0 spiro atoms. The number of para-hydroxylation sites is 1. The van der Waals surface area contributed by atoms with Gasteiger partial charge in [0, 0.05) is 68.6 Å². The number of fused-ring (bicyclic) bond motifs is 1. The van der Waals surface area contributed by atoms with Gasteiger partial charge in [0.15, 0.2) is 27.3 Å². The summed E-state index contributed by atoms with van der Waals surface area (Å²) < 4.78 is 59.0. The van der Waals surface area contributed by atoms with Crippen LogP contribution in [0, 0.1) is 11.6 Å². The summed E-state index contributed by atoms with van der Waals surface area (Å²) in [6.45, 7) is 3.41. The number of aromatic amines is 1. The van der Waals surface area contributed by atoms with E-state index in [2.05, 4.69) is 30.5 Å². The van der Waals surface area contributed by atoms with Crippen molar-refractivity contribution in [2.75, 3.05) is 51.5 Å². The molecule has 1 aliphatic heterocycles. The van der Waals surface area contributed by atoms with Gasteiger partial charge in [-0.3, -0.25) is 9.69 Å². The molecule has 0 radical (unpaired) electrons. The number of nitrogens with one attached hydrogen (secondary N) is 3. The highest BCUT2D eigenvalue weighted by Crippen LogP contribution is 2.32. The minimum atomic E-state index is -3.81. The molecule has 1 saturated heterocycles. The van der Waals surface area contributed by atoms with E-state index in [4.69, 9.17) is 4.74 Å². The Bertz CT molecular complexity index is 1690. The van der Waals surface area contributed by atoms with Crippen LogP contribution >= 0.6 is 0 Å². The van der Waals surface area contributed by atoms with Gasteiger partial charge >= 0.3 is 0 Å². The first kappa shape index (κ1) is 28.7. The molecular formula is C28H30F2N6O4S. The van der Waals surface area contributed by atoms with E-state index in [1.165, 1.54) is 12.1 Å². The van der Waals surface area contributed by atoms with E-state index in [1.54, 1.807) is 25.4 Å². The van der Waals surface area contributed by atoms with E-state index < -0.39 is 26.4 Å². The third-order valence-corrected chi connectivity index (χ3v) is 8.18. The number of sulfone groups is 1. The molecule has 5 rings (SSSR count). The Morgan fingerprint density at radius 2 is 1.93 bits per heavy atom. The van der Waals surface area contributed by atoms with Gasteiger partial charge in [0.2, 0.25) is 5.95 Å². The molecule has 10 nitrogen and oxygen atoms in total. The second kappa shape index (κ2) is 12.0. The number of carbonyl (C=O) groups excluding carboxylic acids is 1. The molecule has 0 aliphatic carbocycles. The van der Waals surface area contributed by atoms with Crippen LogP contribution in [0.3, 0.4) is 0 Å². The molecule has 13 heteroatoms. The third-order valence-electron chi connectivity index (χ3n) is 7.06. The van der Waals surface area contributed by atoms with Crippen LogP contribution in [-0.4, -0.2) is 86.2 Å². The zero-order chi connectivity index (χ0) is 29.1. The number of ketones is 1. The molecule has 41 heavy (non-hydrogen) atoms. The second-order valence-electron chi connectivity index (χ2n) is 9.85. The minimum Gasteiger partial charge on any atom is -0.383 e. The zero-order valence-electron chi connectivity index (χ0n) is 22.6. The van der Waals surface area contributed by atoms with E-state index >= 15 is 4.39 Å². The smallest absolute Gasteiger partial charge is 0.228 e. The van der Waals surface area contributed by atoms with Gasteiger partial charge in [0.25, 0.3) is 0 Å². The summed E-state index contributed by atoms with van der Waals surface area (Å²) in [6.07, 6.45) is 3.62. The average molecular weight is 585 g/mol. The highest BCUT2D eigenvalue weighted by molar-refractivity contribution is 7.90. The summed E-state index contributed by atoms with van der Waals surface area (Å²) >= 11 is 0. The summed E-state index contributed by atoms with van der Waals surface area (Å²) in [5.74, 6) is -1.79. The molecule has 3 heterocycles. The van der Waals surface area contributed by atoms with E-state index in [0.717, 1.165) is 50.3 Å². The van der Waals surface area contributed by atoms with Crippen LogP contribution in [0.1, 0.15) is 5.56 Å². The molecule has 0 saturated carbocycles. The lowest BCUT2D eigenvalue weighted by atomic mass is 9.99. The topological polar surface area (TPSA) is 129 Å². The molecule has 1 atom stereocenters. The number of piperazine rings is 1. The van der Waals surface area contributed by atoms with Crippen LogP contribution in [0.4, 0.5) is 20.4 Å². The Kier molecular flexibility index (Phi) is 8.40. The number of Topliss-reactive ketones (excluding diaryl/α,β-unsaturated/α-hetero) is 1. The van der Waals surface area contributed by atoms with Crippen molar-refractivity contribution in [3.63, 3.8) is 0 Å². The summed E-state index contributed by atoms with van der Waals surface area (Å²) in [6, 6.07) is 8.94. The van der Waals surface area contributed by atoms with Gasteiger partial charge < -0.3 is 20.4 Å². The summed E-state index contributed by atoms with van der Waals surface area (Å²) in [4.78, 5) is 26.4. The molecule has 4 aromatic rings. The van der Waals surface area contributed by atoms with Crippen molar-refractivity contribution in [3.05, 3.63) is 66.0 Å². The molecule has 2 aromatic carbocycles. The lowest BCUT2D eigenvalue weighted by Crippen LogP contribution is -2.53. The number of benzene rings is 2. The van der Waals surface area contributed by atoms with Gasteiger partial charge in [-0.1, -0.05) is 24.3 Å². The SMILES string of the molecule is COC[C@H](C(=O)Cc1cccc2c(-c3nc(Nc4cccc(S(C)(=O)=O)c4F)ncc3F)c[nH]c12)N1CCNCC1. The maximum atomic E-state index is 15.0. The number of aromatic nitrogens is 3. The Hall–Kier alpha value is -3.78. The quantitative estimate of drug-likeness (QED) is 0.258. The van der Waals surface area contributed by atoms with Crippen LogP contribution < -0.4 is 10.6 Å². The van der Waals surface area contributed by atoms with Crippen molar-refractivity contribution in [2.24, 2.45) is 0 Å². The van der Waals surface area contributed by atoms with Gasteiger partial charge in [-0.25, -0.2) is 27.2 Å². The summed E-state index contributed by atoms with van der Waals surface area (Å²) in [7, 11) is -2.23. The van der Waals surface area contributed by atoms with Crippen molar-refractivity contribution in [3.8, 4) is 11.3 Å². The Morgan fingerprint density at radius 1 is 1.17 bits per heavy atom. The molecule has 0 amide bonds. The monoisotopic (exact) mass is 584 g/mol. The fraction of sp³-hybridized carbons (Fsp3) is 0.321. The zero-order valence-corrected chi connectivity index (χ0v) is 23.4. The predicted molar refractivity (Wildman–Crippen MR) is 151 cm³/mol. The number of carbonyl (C=O) groups is 1. The molecular weight excluding hydrogens is 554 g/mol. The van der Waals surface area contributed by atoms with Gasteiger partial charge in [0.05, 0.1) is 24.5 Å². The normalized spacial score (nSPS) is 15.2. The lowest BCUT2D eigenvalue weighted by molar-refractivity contribution is -0.125. The molecule has 216 valence electrons. The first-order valence-corrected chi connectivity index (χ1v) is 14.9. The largest absolute Gasteiger partial charge is 0.383 e. The Balaban J connectivity index is 1.44. The molecule has 3 N–H and O–H groups in total. The number of hydrogen-bond acceptors (Lipinski definition) is 9. The van der Waals surface area contributed by atoms with Crippen LogP contribution in [0.2, 0.25) is 0 Å². The average Bonchev–Trinajstić information content (AvgIpc) is 3.38. The predicted octanol–water partition coefficient (Wildman–Crippen LogP) is 3.08. The van der Waals surface area contributed by atoms with Crippen molar-refractivity contribution in [2.45, 2.75) is 17.4 Å². The van der Waals surface area contributed by atoms with Crippen LogP contribution in [0.25, 0.3) is 22.2 Å². The molecule has 1 aliphatic rings. The first-order chi connectivity index (χ1) is 19.7. The number of nitrogens with zero attached hydrogens (tertiary/aromatic N) is 3. The molecule has 1 fully saturated rings. The van der Waals surface area contributed by atoms with Crippen molar-refractivity contribution >= 4 is 38.2 Å². The number of ether oxygens (including phenoxy) is 1. The number of anilines is 2. The Labute approximate surface area is 236 Å². The number of methoxy groups -OCH3 is 1. The van der Waals surface area contributed by atoms with Gasteiger partial charge in [-0.05, 0) is 17.7 Å². The molecule has 2 aromatic heterocycles. The summed E-state index contributed by atoms with van der Waals surface area (Å²) in [5.41, 5.74) is 1.64. The maximum Gasteiger partial charge on any atom is 0.228 e. The van der Waals surface area contributed by atoms with Crippen LogP contribution in [0.15, 0.2) is 53.7 Å². The fourth-order valence-electron chi connectivity index (χ4n) is 5.05. The van der Waals surface area contributed by atoms with Crippen molar-refractivity contribution < 1.29 is 26.7 Å². The standard InChI is InChI=1S/C28H30F2N6O4S/c1-40-16-22(36-11-9-31-10-12-36)23(37)13-17-5-3-6-18-19(14-32-26(17)18)27-20(29)15-33-28(35-27)34-21-7-4-8-24(25(21)30)41(2,38)39/h3-8,14-15,22,31-32H,9-13,16H2,1-2H3,(H,33,34,35)/t22-/m1/s1. The Morgan fingerprint density at radius 3 is 2.66 bits per heavy atom. The van der Waals surface area contributed by atoms with E-state index in [-0.39, 0.29) is 35.6 Å². The highest BCUT2D eigenvalue weighted by Gasteiger charge is 2.28. The lowest BCUT2D eigenvalue weighted by Gasteiger charge is -2.33. The number of halogens is 2. The summed E-state index contributed by atoms with van der Waals surface area (Å²) in [5, 5.41) is 6.59. The number of hydrogen-bond donors (Lipinski definition) is 3.